The van der Waals surface area contributed by atoms with Crippen molar-refractivity contribution in [1.82, 2.24) is 15.1 Å². The molecule has 1 heterocycles. The summed E-state index contributed by atoms with van der Waals surface area (Å²) in [5, 5.41) is 3.51. The quantitative estimate of drug-likeness (QED) is 0.797. The number of nitrogens with one attached hydrogen (secondary N) is 1. The molecule has 0 radical (unpaired) electrons. The van der Waals surface area contributed by atoms with Gasteiger partial charge in [0.05, 0.1) is 11.7 Å². The fraction of sp³-hybridized carbons (Fsp3) is 0.933. The highest BCUT2D eigenvalue weighted by Gasteiger charge is 2.46. The maximum atomic E-state index is 12.6. The van der Waals surface area contributed by atoms with Gasteiger partial charge >= 0.3 is 0 Å². The fourth-order valence-electron chi connectivity index (χ4n) is 3.01. The predicted octanol–water partition coefficient (Wildman–Crippen LogP) is 1.81. The summed E-state index contributed by atoms with van der Waals surface area (Å²) in [5.41, 5.74) is -0.363. The van der Waals surface area contributed by atoms with Crippen LogP contribution in [-0.2, 0) is 4.79 Å². The molecule has 1 saturated heterocycles. The molecule has 1 aliphatic heterocycles. The van der Waals surface area contributed by atoms with E-state index in [-0.39, 0.29) is 17.6 Å². The Kier molecular flexibility index (Phi) is 4.21. The Labute approximate surface area is 117 Å². The van der Waals surface area contributed by atoms with Gasteiger partial charge in [-0.2, -0.15) is 0 Å². The lowest BCUT2D eigenvalue weighted by Crippen LogP contribution is -2.46. The van der Waals surface area contributed by atoms with Gasteiger partial charge in [0.15, 0.2) is 0 Å². The first-order chi connectivity index (χ1) is 8.92. The SMILES string of the molecule is CCC1NC(C)(CC)C(=O)N1CC(C)N(C)C1CC1. The molecule has 3 unspecified atom stereocenters. The van der Waals surface area contributed by atoms with Crippen LogP contribution in [-0.4, -0.2) is 53.1 Å². The molecule has 0 spiro atoms. The number of carbonyl (C=O) groups excluding carboxylic acids is 1. The average molecular weight is 267 g/mol. The minimum Gasteiger partial charge on any atom is -0.324 e. The molecule has 1 amide bonds. The van der Waals surface area contributed by atoms with Crippen LogP contribution >= 0.6 is 0 Å². The molecule has 1 aliphatic carbocycles. The van der Waals surface area contributed by atoms with E-state index in [9.17, 15) is 4.79 Å². The molecule has 4 heteroatoms. The molecule has 3 atom stereocenters. The molecular weight excluding hydrogens is 238 g/mol. The van der Waals surface area contributed by atoms with E-state index in [1.165, 1.54) is 12.8 Å². The van der Waals surface area contributed by atoms with Crippen LogP contribution in [0.5, 0.6) is 0 Å². The van der Waals surface area contributed by atoms with Gasteiger partial charge in [-0.25, -0.2) is 0 Å². The number of hydrogen-bond acceptors (Lipinski definition) is 3. The molecule has 2 rings (SSSR count). The van der Waals surface area contributed by atoms with E-state index < -0.39 is 0 Å². The van der Waals surface area contributed by atoms with E-state index in [1.807, 2.05) is 6.92 Å². The van der Waals surface area contributed by atoms with Crippen LogP contribution in [0.3, 0.4) is 0 Å². The number of carbonyl (C=O) groups is 1. The number of likely N-dealkylation sites (N-methyl/N-ethyl adjacent to an activating group) is 1. The Morgan fingerprint density at radius 3 is 2.58 bits per heavy atom. The Bertz CT molecular complexity index is 342. The van der Waals surface area contributed by atoms with Gasteiger partial charge in [0.1, 0.15) is 0 Å². The standard InChI is InChI=1S/C15H29N3O/c1-6-13-16-15(4,7-2)14(19)18(13)10-11(3)17(5)12-8-9-12/h11-13,16H,6-10H2,1-5H3. The first-order valence-corrected chi connectivity index (χ1v) is 7.73. The normalized spacial score (nSPS) is 33.3. The van der Waals surface area contributed by atoms with E-state index in [0.717, 1.165) is 25.4 Å². The summed E-state index contributed by atoms with van der Waals surface area (Å²) in [6, 6.07) is 1.19. The van der Waals surface area contributed by atoms with Gasteiger partial charge in [0.2, 0.25) is 5.91 Å². The average Bonchev–Trinajstić information content (AvgIpc) is 3.21. The molecule has 1 saturated carbocycles. The predicted molar refractivity (Wildman–Crippen MR) is 77.9 cm³/mol. The number of hydrogen-bond donors (Lipinski definition) is 1. The summed E-state index contributed by atoms with van der Waals surface area (Å²) in [5.74, 6) is 0.276. The maximum Gasteiger partial charge on any atom is 0.243 e. The number of amides is 1. The molecule has 0 aromatic carbocycles. The van der Waals surface area contributed by atoms with E-state index in [0.29, 0.717) is 6.04 Å². The highest BCUT2D eigenvalue weighted by molar-refractivity contribution is 5.88. The van der Waals surface area contributed by atoms with E-state index in [1.54, 1.807) is 0 Å². The van der Waals surface area contributed by atoms with Crippen LogP contribution < -0.4 is 5.32 Å². The van der Waals surface area contributed by atoms with Gasteiger partial charge < -0.3 is 4.90 Å². The van der Waals surface area contributed by atoms with E-state index in [4.69, 9.17) is 0 Å². The Balaban J connectivity index is 2.02. The second-order valence-corrected chi connectivity index (χ2v) is 6.46. The molecule has 110 valence electrons. The molecule has 0 aromatic rings. The Morgan fingerprint density at radius 1 is 1.47 bits per heavy atom. The van der Waals surface area contributed by atoms with Crippen LogP contribution in [0.4, 0.5) is 0 Å². The van der Waals surface area contributed by atoms with Gasteiger partial charge in [-0.1, -0.05) is 13.8 Å². The molecule has 0 bridgehead atoms. The molecule has 1 N–H and O–H groups in total. The minimum absolute atomic E-state index is 0.201. The van der Waals surface area contributed by atoms with Gasteiger partial charge in [0.25, 0.3) is 0 Å². The highest BCUT2D eigenvalue weighted by atomic mass is 16.2. The van der Waals surface area contributed by atoms with Crippen molar-refractivity contribution in [3.63, 3.8) is 0 Å². The minimum atomic E-state index is -0.363. The lowest BCUT2D eigenvalue weighted by molar-refractivity contribution is -0.133. The topological polar surface area (TPSA) is 35.6 Å². The summed E-state index contributed by atoms with van der Waals surface area (Å²) in [4.78, 5) is 17.1. The monoisotopic (exact) mass is 267 g/mol. The third-order valence-corrected chi connectivity index (χ3v) is 4.97. The van der Waals surface area contributed by atoms with Crippen molar-refractivity contribution in [2.75, 3.05) is 13.6 Å². The summed E-state index contributed by atoms with van der Waals surface area (Å²) < 4.78 is 0. The van der Waals surface area contributed by atoms with Crippen molar-refractivity contribution < 1.29 is 4.79 Å². The van der Waals surface area contributed by atoms with Crippen molar-refractivity contribution in [3.8, 4) is 0 Å². The van der Waals surface area contributed by atoms with Crippen LogP contribution in [0.2, 0.25) is 0 Å². The second-order valence-electron chi connectivity index (χ2n) is 6.46. The zero-order chi connectivity index (χ0) is 14.2. The molecule has 2 fully saturated rings. The molecule has 19 heavy (non-hydrogen) atoms. The van der Waals surface area contributed by atoms with Crippen LogP contribution in [0.25, 0.3) is 0 Å². The van der Waals surface area contributed by atoms with Crippen molar-refractivity contribution in [3.05, 3.63) is 0 Å². The van der Waals surface area contributed by atoms with Crippen molar-refractivity contribution in [2.24, 2.45) is 0 Å². The third-order valence-electron chi connectivity index (χ3n) is 4.97. The van der Waals surface area contributed by atoms with Crippen molar-refractivity contribution >= 4 is 5.91 Å². The van der Waals surface area contributed by atoms with E-state index >= 15 is 0 Å². The van der Waals surface area contributed by atoms with Gasteiger partial charge in [-0.15, -0.1) is 0 Å². The first kappa shape index (κ1) is 14.8. The Morgan fingerprint density at radius 2 is 2.11 bits per heavy atom. The summed E-state index contributed by atoms with van der Waals surface area (Å²) in [7, 11) is 2.19. The summed E-state index contributed by atoms with van der Waals surface area (Å²) in [6.45, 7) is 9.34. The lowest BCUT2D eigenvalue weighted by atomic mass is 9.99. The summed E-state index contributed by atoms with van der Waals surface area (Å²) >= 11 is 0. The maximum absolute atomic E-state index is 12.6. The second kappa shape index (κ2) is 5.41. The Hall–Kier alpha value is -0.610. The fourth-order valence-corrected chi connectivity index (χ4v) is 3.01. The zero-order valence-electron chi connectivity index (χ0n) is 13.1. The van der Waals surface area contributed by atoms with Crippen molar-refractivity contribution in [1.29, 1.82) is 0 Å². The number of nitrogens with zero attached hydrogens (tertiary/aromatic N) is 2. The van der Waals surface area contributed by atoms with Crippen LogP contribution in [0, 0.1) is 0 Å². The van der Waals surface area contributed by atoms with Gasteiger partial charge in [-0.3, -0.25) is 15.0 Å². The van der Waals surface area contributed by atoms with Crippen LogP contribution in [0.1, 0.15) is 53.4 Å². The highest BCUT2D eigenvalue weighted by Crippen LogP contribution is 2.29. The smallest absolute Gasteiger partial charge is 0.243 e. The largest absolute Gasteiger partial charge is 0.324 e. The van der Waals surface area contributed by atoms with Crippen molar-refractivity contribution in [2.45, 2.75) is 77.2 Å². The van der Waals surface area contributed by atoms with Gasteiger partial charge in [-0.05, 0) is 46.6 Å². The first-order valence-electron chi connectivity index (χ1n) is 7.73. The summed E-state index contributed by atoms with van der Waals surface area (Å²) in [6.07, 6.45) is 4.66. The molecular formula is C15H29N3O. The van der Waals surface area contributed by atoms with E-state index in [2.05, 4.69) is 42.9 Å². The molecule has 0 aromatic heterocycles. The van der Waals surface area contributed by atoms with Crippen LogP contribution in [0.15, 0.2) is 0 Å². The van der Waals surface area contributed by atoms with Gasteiger partial charge in [0, 0.05) is 18.6 Å². The third kappa shape index (κ3) is 2.79. The zero-order valence-corrected chi connectivity index (χ0v) is 13.1. The number of rotatable bonds is 6. The molecule has 4 nitrogen and oxygen atoms in total. The lowest BCUT2D eigenvalue weighted by Gasteiger charge is -2.31. The molecule has 2 aliphatic rings.